The fraction of sp³-hybridized carbons (Fsp3) is 0.647. The number of hydrogen-bond acceptors (Lipinski definition) is 4. The number of methoxy groups -OCH3 is 1. The van der Waals surface area contributed by atoms with Crippen LogP contribution < -0.4 is 5.32 Å². The van der Waals surface area contributed by atoms with E-state index in [4.69, 9.17) is 14.2 Å². The molecule has 0 aliphatic heterocycles. The molecule has 4 heteroatoms. The van der Waals surface area contributed by atoms with Crippen LogP contribution in [-0.4, -0.2) is 46.7 Å². The van der Waals surface area contributed by atoms with Crippen molar-refractivity contribution in [1.82, 2.24) is 5.32 Å². The Kier molecular flexibility index (Phi) is 10.1. The first kappa shape index (κ1) is 18.1. The van der Waals surface area contributed by atoms with E-state index in [1.807, 2.05) is 0 Å². The van der Waals surface area contributed by atoms with Crippen molar-refractivity contribution < 1.29 is 14.2 Å². The minimum atomic E-state index is 0.255. The van der Waals surface area contributed by atoms with E-state index >= 15 is 0 Å². The first-order valence-corrected chi connectivity index (χ1v) is 7.73. The SMILES string of the molecule is CCNC(COCCCOCCOC)c1ccccc1C. The van der Waals surface area contributed by atoms with Gasteiger partial charge in [0.1, 0.15) is 0 Å². The number of aryl methyl sites for hydroxylation is 1. The van der Waals surface area contributed by atoms with E-state index in [-0.39, 0.29) is 6.04 Å². The molecule has 0 fully saturated rings. The van der Waals surface area contributed by atoms with Gasteiger partial charge in [0, 0.05) is 20.3 Å². The Labute approximate surface area is 128 Å². The Balaban J connectivity index is 2.25. The number of benzene rings is 1. The number of likely N-dealkylation sites (N-methyl/N-ethyl adjacent to an activating group) is 1. The summed E-state index contributed by atoms with van der Waals surface area (Å²) >= 11 is 0. The molecule has 120 valence electrons. The van der Waals surface area contributed by atoms with Crippen LogP contribution >= 0.6 is 0 Å². The van der Waals surface area contributed by atoms with Gasteiger partial charge in [0.2, 0.25) is 0 Å². The van der Waals surface area contributed by atoms with Gasteiger partial charge in [-0.15, -0.1) is 0 Å². The van der Waals surface area contributed by atoms with Crippen LogP contribution in [-0.2, 0) is 14.2 Å². The molecule has 0 bridgehead atoms. The van der Waals surface area contributed by atoms with Gasteiger partial charge in [-0.2, -0.15) is 0 Å². The zero-order valence-electron chi connectivity index (χ0n) is 13.6. The average Bonchev–Trinajstić information content (AvgIpc) is 2.49. The molecule has 0 aliphatic rings. The predicted octanol–water partition coefficient (Wildman–Crippen LogP) is 2.72. The van der Waals surface area contributed by atoms with Crippen LogP contribution in [0.15, 0.2) is 24.3 Å². The third-order valence-corrected chi connectivity index (χ3v) is 3.31. The summed E-state index contributed by atoms with van der Waals surface area (Å²) in [5.41, 5.74) is 2.62. The summed E-state index contributed by atoms with van der Waals surface area (Å²) in [4.78, 5) is 0. The third-order valence-electron chi connectivity index (χ3n) is 3.31. The highest BCUT2D eigenvalue weighted by Gasteiger charge is 2.12. The quantitative estimate of drug-likeness (QED) is 0.602. The van der Waals surface area contributed by atoms with E-state index in [1.54, 1.807) is 7.11 Å². The second-order valence-electron chi connectivity index (χ2n) is 5.00. The second kappa shape index (κ2) is 11.7. The zero-order valence-corrected chi connectivity index (χ0v) is 13.6. The van der Waals surface area contributed by atoms with Crippen LogP contribution in [0.3, 0.4) is 0 Å². The highest BCUT2D eigenvalue weighted by molar-refractivity contribution is 5.28. The maximum atomic E-state index is 5.79. The van der Waals surface area contributed by atoms with Gasteiger partial charge in [-0.05, 0) is 31.0 Å². The van der Waals surface area contributed by atoms with Crippen LogP contribution in [0.2, 0.25) is 0 Å². The highest BCUT2D eigenvalue weighted by Crippen LogP contribution is 2.17. The van der Waals surface area contributed by atoms with Gasteiger partial charge in [-0.3, -0.25) is 0 Å². The molecule has 1 aromatic rings. The Morgan fingerprint density at radius 1 is 1.05 bits per heavy atom. The zero-order chi connectivity index (χ0) is 15.3. The standard InChI is InChI=1S/C17H29NO3/c1-4-18-17(16-9-6-5-8-15(16)2)14-21-11-7-10-20-13-12-19-3/h5-6,8-9,17-18H,4,7,10-14H2,1-3H3. The van der Waals surface area contributed by atoms with Gasteiger partial charge in [0.05, 0.1) is 25.9 Å². The number of nitrogens with one attached hydrogen (secondary N) is 1. The molecule has 0 aromatic heterocycles. The number of hydrogen-bond donors (Lipinski definition) is 1. The number of rotatable bonds is 12. The second-order valence-corrected chi connectivity index (χ2v) is 5.00. The largest absolute Gasteiger partial charge is 0.382 e. The summed E-state index contributed by atoms with van der Waals surface area (Å²) in [6, 6.07) is 8.71. The monoisotopic (exact) mass is 295 g/mol. The molecule has 1 atom stereocenters. The molecule has 0 spiro atoms. The summed E-state index contributed by atoms with van der Waals surface area (Å²) < 4.78 is 16.1. The molecule has 1 unspecified atom stereocenters. The normalized spacial score (nSPS) is 12.5. The summed E-state index contributed by atoms with van der Waals surface area (Å²) in [6.45, 7) is 8.63. The summed E-state index contributed by atoms with van der Waals surface area (Å²) in [5.74, 6) is 0. The molecule has 21 heavy (non-hydrogen) atoms. The minimum absolute atomic E-state index is 0.255. The van der Waals surface area contributed by atoms with Crippen molar-refractivity contribution >= 4 is 0 Å². The lowest BCUT2D eigenvalue weighted by Crippen LogP contribution is -2.26. The lowest BCUT2D eigenvalue weighted by atomic mass is 10.0. The van der Waals surface area contributed by atoms with Crippen LogP contribution in [0.4, 0.5) is 0 Å². The summed E-state index contributed by atoms with van der Waals surface area (Å²) in [5, 5.41) is 3.49. The van der Waals surface area contributed by atoms with E-state index in [0.717, 1.165) is 26.2 Å². The first-order valence-electron chi connectivity index (χ1n) is 7.73. The number of ether oxygens (including phenoxy) is 3. The molecule has 0 aliphatic carbocycles. The molecule has 1 aromatic carbocycles. The van der Waals surface area contributed by atoms with Crippen molar-refractivity contribution in [2.45, 2.75) is 26.3 Å². The van der Waals surface area contributed by atoms with Crippen LogP contribution in [0.25, 0.3) is 0 Å². The Morgan fingerprint density at radius 2 is 1.81 bits per heavy atom. The van der Waals surface area contributed by atoms with E-state index in [0.29, 0.717) is 19.8 Å². The molecule has 0 heterocycles. The average molecular weight is 295 g/mol. The first-order chi connectivity index (χ1) is 10.3. The molecular formula is C17H29NO3. The van der Waals surface area contributed by atoms with Gasteiger partial charge >= 0.3 is 0 Å². The molecule has 0 amide bonds. The Hall–Kier alpha value is -0.940. The van der Waals surface area contributed by atoms with Crippen molar-refractivity contribution in [3.05, 3.63) is 35.4 Å². The van der Waals surface area contributed by atoms with E-state index in [9.17, 15) is 0 Å². The van der Waals surface area contributed by atoms with Gasteiger partial charge in [-0.25, -0.2) is 0 Å². The lowest BCUT2D eigenvalue weighted by Gasteiger charge is -2.20. The van der Waals surface area contributed by atoms with Crippen molar-refractivity contribution in [2.24, 2.45) is 0 Å². The third kappa shape index (κ3) is 7.58. The van der Waals surface area contributed by atoms with Gasteiger partial charge in [0.25, 0.3) is 0 Å². The minimum Gasteiger partial charge on any atom is -0.382 e. The fourth-order valence-electron chi connectivity index (χ4n) is 2.19. The van der Waals surface area contributed by atoms with Crippen molar-refractivity contribution in [3.63, 3.8) is 0 Å². The molecule has 1 N–H and O–H groups in total. The topological polar surface area (TPSA) is 39.7 Å². The van der Waals surface area contributed by atoms with Crippen molar-refractivity contribution in [2.75, 3.05) is 46.7 Å². The van der Waals surface area contributed by atoms with E-state index in [2.05, 4.69) is 43.4 Å². The predicted molar refractivity (Wildman–Crippen MR) is 85.7 cm³/mol. The Morgan fingerprint density at radius 3 is 2.52 bits per heavy atom. The fourth-order valence-corrected chi connectivity index (χ4v) is 2.19. The molecule has 0 saturated carbocycles. The Bertz CT molecular complexity index is 371. The van der Waals surface area contributed by atoms with Gasteiger partial charge in [0.15, 0.2) is 0 Å². The van der Waals surface area contributed by atoms with Crippen LogP contribution in [0, 0.1) is 6.92 Å². The molecular weight excluding hydrogens is 266 g/mol. The van der Waals surface area contributed by atoms with Crippen molar-refractivity contribution in [3.8, 4) is 0 Å². The summed E-state index contributed by atoms with van der Waals surface area (Å²) in [7, 11) is 1.68. The molecule has 1 rings (SSSR count). The van der Waals surface area contributed by atoms with Crippen LogP contribution in [0.1, 0.15) is 30.5 Å². The summed E-state index contributed by atoms with van der Waals surface area (Å²) in [6.07, 6.45) is 0.913. The maximum absolute atomic E-state index is 5.79. The van der Waals surface area contributed by atoms with E-state index < -0.39 is 0 Å². The van der Waals surface area contributed by atoms with Crippen molar-refractivity contribution in [1.29, 1.82) is 0 Å². The highest BCUT2D eigenvalue weighted by atomic mass is 16.5. The van der Waals surface area contributed by atoms with Crippen LogP contribution in [0.5, 0.6) is 0 Å². The maximum Gasteiger partial charge on any atom is 0.0700 e. The van der Waals surface area contributed by atoms with Gasteiger partial charge < -0.3 is 19.5 Å². The van der Waals surface area contributed by atoms with E-state index in [1.165, 1.54) is 11.1 Å². The van der Waals surface area contributed by atoms with Gasteiger partial charge in [-0.1, -0.05) is 31.2 Å². The molecule has 0 radical (unpaired) electrons. The molecule has 0 saturated heterocycles. The molecule has 4 nitrogen and oxygen atoms in total. The lowest BCUT2D eigenvalue weighted by molar-refractivity contribution is 0.0474. The smallest absolute Gasteiger partial charge is 0.0700 e.